The van der Waals surface area contributed by atoms with E-state index in [1.807, 2.05) is 0 Å². The van der Waals surface area contributed by atoms with Crippen molar-refractivity contribution in [2.45, 2.75) is 32.4 Å². The predicted molar refractivity (Wildman–Crippen MR) is 164 cm³/mol. The lowest BCUT2D eigenvalue weighted by Gasteiger charge is -2.40. The molecule has 0 bridgehead atoms. The first kappa shape index (κ1) is 30.5. The molecule has 1 atom stereocenters. The predicted octanol–water partition coefficient (Wildman–Crippen LogP) is 3.09. The number of amides is 2. The van der Waals surface area contributed by atoms with Crippen LogP contribution in [-0.2, 0) is 18.4 Å². The Bertz CT molecular complexity index is 1910. The number of pyridine rings is 1. The Kier molecular flexibility index (Phi) is 7.95. The molecule has 1 saturated heterocycles. The third-order valence-corrected chi connectivity index (χ3v) is 8.62. The van der Waals surface area contributed by atoms with Gasteiger partial charge in [-0.1, -0.05) is 11.6 Å². The number of aryl methyl sites for hydroxylation is 1. The van der Waals surface area contributed by atoms with Crippen molar-refractivity contribution in [2.75, 3.05) is 36.4 Å². The Balaban J connectivity index is 1.29. The molecular weight excluding hydrogens is 610 g/mol. The fourth-order valence-corrected chi connectivity index (χ4v) is 5.97. The van der Waals surface area contributed by atoms with Crippen molar-refractivity contribution >= 4 is 46.0 Å². The van der Waals surface area contributed by atoms with E-state index in [0.29, 0.717) is 11.5 Å². The Labute approximate surface area is 261 Å². The van der Waals surface area contributed by atoms with Crippen LogP contribution in [0.3, 0.4) is 0 Å². The molecule has 4 aromatic rings. The van der Waals surface area contributed by atoms with Crippen LogP contribution in [0, 0.1) is 17.6 Å². The van der Waals surface area contributed by atoms with Crippen molar-refractivity contribution in [3.8, 4) is 16.9 Å². The lowest BCUT2D eigenvalue weighted by molar-refractivity contribution is -0.116. The second-order valence-corrected chi connectivity index (χ2v) is 12.1. The van der Waals surface area contributed by atoms with Crippen LogP contribution in [0.25, 0.3) is 22.2 Å². The standard InChI is InChI=1S/C30H31ClF2N8O4/c1-15-10-39(11-16-3-4-16)5-6-41(15)22-8-21(20(31)9-35-22)37-23(42)13-40-12-19(24-29(40)36-14-38(2)30(24)45)17-7-18(28(34)44)27(43)26(33)25(17)32/h7-9,12,14-16,43H,3-6,10-11,13H2,1-2H3,(H2,34,44)(H,35,37,42)/t15-/m0/s1. The molecule has 4 heterocycles. The molecule has 45 heavy (non-hydrogen) atoms. The summed E-state index contributed by atoms with van der Waals surface area (Å²) in [6.07, 6.45) is 6.55. The summed E-state index contributed by atoms with van der Waals surface area (Å²) in [5.41, 5.74) is 3.64. The van der Waals surface area contributed by atoms with E-state index in [0.717, 1.165) is 42.7 Å². The fourth-order valence-electron chi connectivity index (χ4n) is 5.82. The molecular formula is C30H31ClF2N8O4. The summed E-state index contributed by atoms with van der Waals surface area (Å²) < 4.78 is 32.2. The number of hydrogen-bond acceptors (Lipinski definition) is 8. The topological polar surface area (TPSA) is 152 Å². The van der Waals surface area contributed by atoms with Gasteiger partial charge in [0.1, 0.15) is 18.0 Å². The van der Waals surface area contributed by atoms with Gasteiger partial charge < -0.3 is 30.2 Å². The highest BCUT2D eigenvalue weighted by atomic mass is 35.5. The molecule has 15 heteroatoms. The molecule has 6 rings (SSSR count). The highest BCUT2D eigenvalue weighted by Gasteiger charge is 2.30. The number of nitrogens with two attached hydrogens (primary N) is 1. The number of halogens is 3. The second kappa shape index (κ2) is 11.7. The monoisotopic (exact) mass is 640 g/mol. The highest BCUT2D eigenvalue weighted by molar-refractivity contribution is 6.33. The number of nitrogens with one attached hydrogen (secondary N) is 1. The van der Waals surface area contributed by atoms with Crippen LogP contribution in [-0.4, -0.2) is 73.1 Å². The number of benzene rings is 1. The normalized spacial score (nSPS) is 17.2. The van der Waals surface area contributed by atoms with Crippen LogP contribution < -0.4 is 21.5 Å². The van der Waals surface area contributed by atoms with E-state index in [1.54, 1.807) is 6.07 Å². The summed E-state index contributed by atoms with van der Waals surface area (Å²) in [5, 5.41) is 12.8. The van der Waals surface area contributed by atoms with Crippen molar-refractivity contribution in [3.63, 3.8) is 0 Å². The first-order valence-electron chi connectivity index (χ1n) is 14.4. The van der Waals surface area contributed by atoms with Crippen LogP contribution in [0.4, 0.5) is 20.3 Å². The van der Waals surface area contributed by atoms with E-state index in [4.69, 9.17) is 17.3 Å². The fraction of sp³-hybridized carbons (Fsp3) is 0.367. The summed E-state index contributed by atoms with van der Waals surface area (Å²) in [5.74, 6) is -4.74. The molecule has 2 aliphatic rings. The molecule has 4 N–H and O–H groups in total. The summed E-state index contributed by atoms with van der Waals surface area (Å²) in [6, 6.07) is 2.76. The van der Waals surface area contributed by atoms with Crippen LogP contribution in [0.2, 0.25) is 5.02 Å². The molecule has 0 radical (unpaired) electrons. The molecule has 1 saturated carbocycles. The minimum absolute atomic E-state index is 0.0103. The number of carbonyl (C=O) groups excluding carboxylic acids is 2. The average molecular weight is 641 g/mol. The van der Waals surface area contributed by atoms with Gasteiger partial charge in [-0.2, -0.15) is 4.39 Å². The maximum Gasteiger partial charge on any atom is 0.263 e. The van der Waals surface area contributed by atoms with Gasteiger partial charge in [0.15, 0.2) is 11.6 Å². The molecule has 1 aliphatic carbocycles. The zero-order valence-electron chi connectivity index (χ0n) is 24.6. The molecule has 1 aliphatic heterocycles. The molecule has 236 valence electrons. The van der Waals surface area contributed by atoms with E-state index >= 15 is 4.39 Å². The maximum atomic E-state index is 15.1. The van der Waals surface area contributed by atoms with E-state index in [9.17, 15) is 23.9 Å². The number of primary amides is 1. The van der Waals surface area contributed by atoms with Gasteiger partial charge in [0, 0.05) is 62.7 Å². The van der Waals surface area contributed by atoms with Crippen LogP contribution in [0.15, 0.2) is 35.6 Å². The van der Waals surface area contributed by atoms with Gasteiger partial charge in [-0.25, -0.2) is 14.4 Å². The number of aromatic hydroxyl groups is 1. The van der Waals surface area contributed by atoms with Gasteiger partial charge >= 0.3 is 0 Å². The zero-order valence-corrected chi connectivity index (χ0v) is 25.3. The largest absolute Gasteiger partial charge is 0.504 e. The smallest absolute Gasteiger partial charge is 0.263 e. The Hall–Kier alpha value is -4.56. The Morgan fingerprint density at radius 2 is 1.91 bits per heavy atom. The number of piperazine rings is 1. The van der Waals surface area contributed by atoms with E-state index in [1.165, 1.54) is 43.2 Å². The van der Waals surface area contributed by atoms with Gasteiger partial charge in [-0.05, 0) is 31.7 Å². The number of phenols is 1. The van der Waals surface area contributed by atoms with Gasteiger partial charge in [0.2, 0.25) is 11.7 Å². The maximum absolute atomic E-state index is 15.1. The first-order valence-corrected chi connectivity index (χ1v) is 14.8. The van der Waals surface area contributed by atoms with Crippen LogP contribution >= 0.6 is 11.6 Å². The first-order chi connectivity index (χ1) is 21.4. The highest BCUT2D eigenvalue weighted by Crippen LogP contribution is 2.36. The number of fused-ring (bicyclic) bond motifs is 1. The van der Waals surface area contributed by atoms with E-state index < -0.39 is 45.9 Å². The van der Waals surface area contributed by atoms with E-state index in [-0.39, 0.29) is 34.2 Å². The van der Waals surface area contributed by atoms with E-state index in [2.05, 4.69) is 32.0 Å². The molecule has 2 fully saturated rings. The van der Waals surface area contributed by atoms with Crippen molar-refractivity contribution in [1.29, 1.82) is 0 Å². The van der Waals surface area contributed by atoms with Crippen LogP contribution in [0.1, 0.15) is 30.1 Å². The number of anilines is 2. The number of nitrogens with zero attached hydrogens (tertiary/aromatic N) is 6. The second-order valence-electron chi connectivity index (χ2n) is 11.7. The Morgan fingerprint density at radius 3 is 2.60 bits per heavy atom. The summed E-state index contributed by atoms with van der Waals surface area (Å²) in [4.78, 5) is 51.7. The van der Waals surface area contributed by atoms with Gasteiger partial charge in [0.25, 0.3) is 11.5 Å². The minimum atomic E-state index is -1.71. The quantitative estimate of drug-likeness (QED) is 0.266. The molecule has 1 aromatic carbocycles. The number of rotatable bonds is 8. The van der Waals surface area contributed by atoms with Gasteiger partial charge in [0.05, 0.1) is 34.2 Å². The number of hydrogen-bond donors (Lipinski definition) is 3. The zero-order chi connectivity index (χ0) is 32.2. The lowest BCUT2D eigenvalue weighted by Crippen LogP contribution is -2.52. The van der Waals surface area contributed by atoms with Crippen molar-refractivity contribution < 1.29 is 23.5 Å². The Morgan fingerprint density at radius 1 is 1.16 bits per heavy atom. The third-order valence-electron chi connectivity index (χ3n) is 8.32. The average Bonchev–Trinajstić information content (AvgIpc) is 3.74. The third kappa shape index (κ3) is 5.82. The van der Waals surface area contributed by atoms with Gasteiger partial charge in [-0.3, -0.25) is 19.3 Å². The molecule has 12 nitrogen and oxygen atoms in total. The summed E-state index contributed by atoms with van der Waals surface area (Å²) >= 11 is 6.41. The summed E-state index contributed by atoms with van der Waals surface area (Å²) in [6.45, 7) is 5.46. The lowest BCUT2D eigenvalue weighted by atomic mass is 10.0. The van der Waals surface area contributed by atoms with Crippen LogP contribution in [0.5, 0.6) is 5.75 Å². The number of carbonyl (C=O) groups is 2. The van der Waals surface area contributed by atoms with Crippen molar-refractivity contribution in [1.82, 2.24) is 24.0 Å². The van der Waals surface area contributed by atoms with Crippen molar-refractivity contribution in [2.24, 2.45) is 18.7 Å². The van der Waals surface area contributed by atoms with Gasteiger partial charge in [-0.15, -0.1) is 0 Å². The molecule has 2 amide bonds. The minimum Gasteiger partial charge on any atom is -0.504 e. The SMILES string of the molecule is C[C@H]1CN(CC2CC2)CCN1c1cc(NC(=O)Cn2cc(-c3cc(C(N)=O)c(O)c(F)c3F)c3c(=O)n(C)cnc32)c(Cl)cn1. The summed E-state index contributed by atoms with van der Waals surface area (Å²) in [7, 11) is 1.42. The molecule has 3 aromatic heterocycles. The number of aromatic nitrogens is 4. The molecule has 0 spiro atoms. The van der Waals surface area contributed by atoms with Crippen molar-refractivity contribution in [3.05, 3.63) is 63.4 Å². The molecule has 0 unspecified atom stereocenters.